The van der Waals surface area contributed by atoms with Gasteiger partial charge >= 0.3 is 0 Å². The van der Waals surface area contributed by atoms with Crippen LogP contribution in [0.5, 0.6) is 5.75 Å². The Kier molecular flexibility index (Phi) is 3.77. The number of ether oxygens (including phenoxy) is 1. The first kappa shape index (κ1) is 12.1. The molecule has 3 nitrogen and oxygen atoms in total. The average Bonchev–Trinajstić information content (AvgIpc) is 3.16. The number of nitrogens with two attached hydrogens (primary N) is 1. The van der Waals surface area contributed by atoms with Crippen molar-refractivity contribution in [3.8, 4) is 5.75 Å². The maximum Gasteiger partial charge on any atom is 0.143 e. The first-order chi connectivity index (χ1) is 8.26. The molecule has 0 spiro atoms. The number of benzene rings is 1. The predicted octanol–water partition coefficient (Wildman–Crippen LogP) is 3.05. The van der Waals surface area contributed by atoms with Gasteiger partial charge in [-0.15, -0.1) is 0 Å². The molecule has 0 aromatic heterocycles. The molecule has 1 fully saturated rings. The minimum atomic E-state index is 0.711. The van der Waals surface area contributed by atoms with Gasteiger partial charge in [0.2, 0.25) is 0 Å². The van der Waals surface area contributed by atoms with E-state index >= 15 is 0 Å². The number of nitrogen functional groups attached to an aromatic ring is 1. The van der Waals surface area contributed by atoms with Gasteiger partial charge in [0, 0.05) is 24.3 Å². The van der Waals surface area contributed by atoms with E-state index in [0.29, 0.717) is 5.69 Å². The first-order valence-electron chi connectivity index (χ1n) is 6.46. The Hall–Kier alpha value is -1.38. The van der Waals surface area contributed by atoms with E-state index in [4.69, 9.17) is 10.5 Å². The maximum absolute atomic E-state index is 5.85. The lowest BCUT2D eigenvalue weighted by Crippen LogP contribution is -2.26. The fourth-order valence-corrected chi connectivity index (χ4v) is 2.12. The predicted molar refractivity (Wildman–Crippen MR) is 72.7 cm³/mol. The Morgan fingerprint density at radius 1 is 1.41 bits per heavy atom. The van der Waals surface area contributed by atoms with Gasteiger partial charge in [-0.3, -0.25) is 0 Å². The highest BCUT2D eigenvalue weighted by Crippen LogP contribution is 2.35. The molecule has 1 aliphatic rings. The van der Waals surface area contributed by atoms with Crippen LogP contribution in [0.1, 0.15) is 32.6 Å². The van der Waals surface area contributed by atoms with Crippen LogP contribution in [0.3, 0.4) is 0 Å². The minimum absolute atomic E-state index is 0.711. The smallest absolute Gasteiger partial charge is 0.143 e. The van der Waals surface area contributed by atoms with Crippen LogP contribution in [-0.2, 0) is 0 Å². The molecule has 94 valence electrons. The number of rotatable bonds is 6. The zero-order chi connectivity index (χ0) is 12.3. The van der Waals surface area contributed by atoms with Crippen LogP contribution in [0.2, 0.25) is 0 Å². The largest absolute Gasteiger partial charge is 0.495 e. The molecule has 0 bridgehead atoms. The number of anilines is 2. The molecule has 1 aliphatic carbocycles. The first-order valence-corrected chi connectivity index (χ1v) is 6.46. The van der Waals surface area contributed by atoms with Crippen molar-refractivity contribution in [1.82, 2.24) is 0 Å². The molecule has 17 heavy (non-hydrogen) atoms. The van der Waals surface area contributed by atoms with Gasteiger partial charge in [-0.25, -0.2) is 0 Å². The van der Waals surface area contributed by atoms with Gasteiger partial charge in [0.05, 0.1) is 12.8 Å². The van der Waals surface area contributed by atoms with E-state index in [9.17, 15) is 0 Å². The van der Waals surface area contributed by atoms with Gasteiger partial charge < -0.3 is 15.4 Å². The van der Waals surface area contributed by atoms with Crippen LogP contribution in [0.4, 0.5) is 11.4 Å². The summed E-state index contributed by atoms with van der Waals surface area (Å²) in [6.45, 7) is 3.36. The molecule has 2 N–H and O–H groups in total. The van der Waals surface area contributed by atoms with Crippen molar-refractivity contribution in [3.63, 3.8) is 0 Å². The number of unbranched alkanes of at least 4 members (excludes halogenated alkanes) is 1. The number of hydrogen-bond acceptors (Lipinski definition) is 3. The summed E-state index contributed by atoms with van der Waals surface area (Å²) < 4.78 is 5.29. The minimum Gasteiger partial charge on any atom is -0.495 e. The van der Waals surface area contributed by atoms with Crippen LogP contribution in [-0.4, -0.2) is 19.7 Å². The summed E-state index contributed by atoms with van der Waals surface area (Å²) >= 11 is 0. The summed E-state index contributed by atoms with van der Waals surface area (Å²) in [4.78, 5) is 2.49. The van der Waals surface area contributed by atoms with Gasteiger partial charge in [0.15, 0.2) is 0 Å². The van der Waals surface area contributed by atoms with E-state index in [0.717, 1.165) is 18.3 Å². The summed E-state index contributed by atoms with van der Waals surface area (Å²) in [7, 11) is 1.67. The Bertz CT molecular complexity index is 374. The lowest BCUT2D eigenvalue weighted by Gasteiger charge is -2.25. The van der Waals surface area contributed by atoms with Crippen molar-refractivity contribution in [2.45, 2.75) is 38.6 Å². The SMILES string of the molecule is CCCCN(c1ccc(N)c(OC)c1)C1CC1. The van der Waals surface area contributed by atoms with E-state index in [1.165, 1.54) is 31.4 Å². The van der Waals surface area contributed by atoms with Crippen molar-refractivity contribution < 1.29 is 4.74 Å². The standard InChI is InChI=1S/C14H22N2O/c1-3-4-9-16(11-5-6-11)12-7-8-13(15)14(10-12)17-2/h7-8,10-11H,3-6,9,15H2,1-2H3. The molecule has 3 heteroatoms. The zero-order valence-electron chi connectivity index (χ0n) is 10.8. The average molecular weight is 234 g/mol. The second-order valence-corrected chi connectivity index (χ2v) is 4.70. The Balaban J connectivity index is 2.16. The molecule has 2 rings (SSSR count). The molecular formula is C14H22N2O. The van der Waals surface area contributed by atoms with Gasteiger partial charge in [-0.2, -0.15) is 0 Å². The molecule has 0 saturated heterocycles. The molecule has 1 aromatic rings. The highest BCUT2D eigenvalue weighted by Gasteiger charge is 2.29. The summed E-state index contributed by atoms with van der Waals surface area (Å²) in [5.74, 6) is 0.782. The number of nitrogens with zero attached hydrogens (tertiary/aromatic N) is 1. The summed E-state index contributed by atoms with van der Waals surface area (Å²) in [6.07, 6.45) is 5.10. The second-order valence-electron chi connectivity index (χ2n) is 4.70. The van der Waals surface area contributed by atoms with Gasteiger partial charge in [-0.05, 0) is 31.4 Å². The van der Waals surface area contributed by atoms with Crippen molar-refractivity contribution in [1.29, 1.82) is 0 Å². The van der Waals surface area contributed by atoms with E-state index in [1.54, 1.807) is 7.11 Å². The van der Waals surface area contributed by atoms with Crippen LogP contribution < -0.4 is 15.4 Å². The lowest BCUT2D eigenvalue weighted by molar-refractivity contribution is 0.417. The zero-order valence-corrected chi connectivity index (χ0v) is 10.8. The third kappa shape index (κ3) is 2.84. The summed E-state index contributed by atoms with van der Waals surface area (Å²) in [5, 5.41) is 0. The topological polar surface area (TPSA) is 38.5 Å². The fourth-order valence-electron chi connectivity index (χ4n) is 2.12. The van der Waals surface area contributed by atoms with Crippen molar-refractivity contribution in [2.75, 3.05) is 24.3 Å². The van der Waals surface area contributed by atoms with Crippen molar-refractivity contribution >= 4 is 11.4 Å². The molecular weight excluding hydrogens is 212 g/mol. The molecule has 0 unspecified atom stereocenters. The van der Waals surface area contributed by atoms with Crippen molar-refractivity contribution in [3.05, 3.63) is 18.2 Å². The van der Waals surface area contributed by atoms with Gasteiger partial charge in [-0.1, -0.05) is 13.3 Å². The number of hydrogen-bond donors (Lipinski definition) is 1. The van der Waals surface area contributed by atoms with E-state index in [-0.39, 0.29) is 0 Å². The van der Waals surface area contributed by atoms with E-state index < -0.39 is 0 Å². The Labute approximate surface area is 104 Å². The summed E-state index contributed by atoms with van der Waals surface area (Å²) in [6, 6.07) is 6.83. The molecule has 0 radical (unpaired) electrons. The van der Waals surface area contributed by atoms with Crippen LogP contribution >= 0.6 is 0 Å². The third-order valence-electron chi connectivity index (χ3n) is 3.29. The quantitative estimate of drug-likeness (QED) is 0.769. The van der Waals surface area contributed by atoms with E-state index in [2.05, 4.69) is 24.0 Å². The fraction of sp³-hybridized carbons (Fsp3) is 0.571. The van der Waals surface area contributed by atoms with Crippen molar-refractivity contribution in [2.24, 2.45) is 0 Å². The highest BCUT2D eigenvalue weighted by molar-refractivity contribution is 5.63. The maximum atomic E-state index is 5.85. The third-order valence-corrected chi connectivity index (χ3v) is 3.29. The molecule has 0 aliphatic heterocycles. The normalized spacial score (nSPS) is 14.7. The monoisotopic (exact) mass is 234 g/mol. The second kappa shape index (κ2) is 5.30. The van der Waals surface area contributed by atoms with E-state index in [1.807, 2.05) is 6.07 Å². The van der Waals surface area contributed by atoms with Crippen LogP contribution in [0.15, 0.2) is 18.2 Å². The molecule has 1 saturated carbocycles. The highest BCUT2D eigenvalue weighted by atomic mass is 16.5. The van der Waals surface area contributed by atoms with Gasteiger partial charge in [0.1, 0.15) is 5.75 Å². The summed E-state index contributed by atoms with van der Waals surface area (Å²) in [5.41, 5.74) is 7.80. The molecule has 1 aromatic carbocycles. The molecule has 0 amide bonds. The van der Waals surface area contributed by atoms with Gasteiger partial charge in [0.25, 0.3) is 0 Å². The van der Waals surface area contributed by atoms with Crippen LogP contribution in [0, 0.1) is 0 Å². The Morgan fingerprint density at radius 2 is 2.18 bits per heavy atom. The molecule has 0 atom stereocenters. The number of methoxy groups -OCH3 is 1. The Morgan fingerprint density at radius 3 is 2.76 bits per heavy atom. The van der Waals surface area contributed by atoms with Crippen LogP contribution in [0.25, 0.3) is 0 Å². The molecule has 0 heterocycles. The lowest BCUT2D eigenvalue weighted by atomic mass is 10.2.